The molecule has 0 aliphatic carbocycles. The Labute approximate surface area is 116 Å². The summed E-state index contributed by atoms with van der Waals surface area (Å²) in [4.78, 5) is 11.7. The Morgan fingerprint density at radius 1 is 1.21 bits per heavy atom. The highest BCUT2D eigenvalue weighted by atomic mass is 16.3. The Morgan fingerprint density at radius 3 is 2.63 bits per heavy atom. The molecule has 0 amide bonds. The molecule has 2 heteroatoms. The summed E-state index contributed by atoms with van der Waals surface area (Å²) in [6.45, 7) is 4.44. The fourth-order valence-electron chi connectivity index (χ4n) is 1.92. The van der Waals surface area contributed by atoms with E-state index in [2.05, 4.69) is 13.8 Å². The van der Waals surface area contributed by atoms with Crippen LogP contribution in [0.3, 0.4) is 0 Å². The first kappa shape index (κ1) is 15.5. The van der Waals surface area contributed by atoms with Gasteiger partial charge in [-0.1, -0.05) is 51.3 Å². The lowest BCUT2D eigenvalue weighted by Crippen LogP contribution is -1.93. The van der Waals surface area contributed by atoms with Gasteiger partial charge >= 0.3 is 0 Å². The molecule has 0 bridgehead atoms. The van der Waals surface area contributed by atoms with Gasteiger partial charge in [-0.3, -0.25) is 4.79 Å². The van der Waals surface area contributed by atoms with E-state index in [9.17, 15) is 9.90 Å². The van der Waals surface area contributed by atoms with Crippen LogP contribution in [0, 0.1) is 5.92 Å². The molecule has 104 valence electrons. The first-order valence-corrected chi connectivity index (χ1v) is 7.08. The maximum atomic E-state index is 11.7. The molecule has 0 saturated carbocycles. The van der Waals surface area contributed by atoms with Crippen LogP contribution >= 0.6 is 0 Å². The highest BCUT2D eigenvalue weighted by molar-refractivity contribution is 5.93. The van der Waals surface area contributed by atoms with Gasteiger partial charge in [-0.05, 0) is 30.6 Å². The van der Waals surface area contributed by atoms with Crippen molar-refractivity contribution in [1.82, 2.24) is 0 Å². The molecule has 0 aliphatic rings. The summed E-state index contributed by atoms with van der Waals surface area (Å²) < 4.78 is 0. The van der Waals surface area contributed by atoms with Crippen LogP contribution < -0.4 is 0 Å². The van der Waals surface area contributed by atoms with Crippen LogP contribution in [-0.4, -0.2) is 10.9 Å². The zero-order valence-electron chi connectivity index (χ0n) is 11.9. The first-order valence-electron chi connectivity index (χ1n) is 7.08. The summed E-state index contributed by atoms with van der Waals surface area (Å²) in [5.41, 5.74) is 0.690. The number of unbranched alkanes of at least 4 members (excludes halogenated alkanes) is 2. The zero-order valence-corrected chi connectivity index (χ0v) is 11.9. The minimum absolute atomic E-state index is 0.132. The van der Waals surface area contributed by atoms with Gasteiger partial charge in [0.1, 0.15) is 5.75 Å². The van der Waals surface area contributed by atoms with Crippen molar-refractivity contribution in [2.75, 3.05) is 0 Å². The normalized spacial score (nSPS) is 11.3. The number of hydrogen-bond donors (Lipinski definition) is 1. The largest absolute Gasteiger partial charge is 0.507 e. The molecule has 0 unspecified atom stereocenters. The van der Waals surface area contributed by atoms with Gasteiger partial charge in [-0.25, -0.2) is 0 Å². The van der Waals surface area contributed by atoms with Crippen LogP contribution in [0.2, 0.25) is 0 Å². The number of allylic oxidation sites excluding steroid dienone is 1. The second kappa shape index (κ2) is 8.52. The predicted molar refractivity (Wildman–Crippen MR) is 80.1 cm³/mol. The first-order chi connectivity index (χ1) is 9.09. The summed E-state index contributed by atoms with van der Waals surface area (Å²) in [5, 5.41) is 9.56. The van der Waals surface area contributed by atoms with Gasteiger partial charge in [0.25, 0.3) is 0 Å². The maximum absolute atomic E-state index is 11.7. The van der Waals surface area contributed by atoms with Crippen LogP contribution in [0.5, 0.6) is 5.75 Å². The van der Waals surface area contributed by atoms with Gasteiger partial charge in [0.15, 0.2) is 5.78 Å². The lowest BCUT2D eigenvalue weighted by atomic mass is 10.0. The SMILES string of the molecule is CC(C)CCCCCC(=O)C=Cc1ccccc1O. The summed E-state index contributed by atoms with van der Waals surface area (Å²) in [5.74, 6) is 1.09. The van der Waals surface area contributed by atoms with Crippen molar-refractivity contribution in [3.8, 4) is 5.75 Å². The van der Waals surface area contributed by atoms with Crippen molar-refractivity contribution >= 4 is 11.9 Å². The van der Waals surface area contributed by atoms with E-state index in [1.165, 1.54) is 12.8 Å². The summed E-state index contributed by atoms with van der Waals surface area (Å²) in [6.07, 6.45) is 8.37. The lowest BCUT2D eigenvalue weighted by molar-refractivity contribution is -0.114. The van der Waals surface area contributed by atoms with E-state index >= 15 is 0 Å². The number of benzene rings is 1. The molecule has 0 aromatic heterocycles. The quantitative estimate of drug-likeness (QED) is 0.548. The average Bonchev–Trinajstić information content (AvgIpc) is 2.37. The molecule has 1 aromatic carbocycles. The molecule has 0 fully saturated rings. The highest BCUT2D eigenvalue weighted by Gasteiger charge is 2.00. The van der Waals surface area contributed by atoms with Crippen LogP contribution in [-0.2, 0) is 4.79 Å². The number of phenols is 1. The van der Waals surface area contributed by atoms with Crippen molar-refractivity contribution in [3.05, 3.63) is 35.9 Å². The fraction of sp³-hybridized carbons (Fsp3) is 0.471. The number of phenolic OH excluding ortho intramolecular Hbond substituents is 1. The number of rotatable bonds is 8. The average molecular weight is 260 g/mol. The second-order valence-corrected chi connectivity index (χ2v) is 5.35. The minimum atomic E-state index is 0.132. The van der Waals surface area contributed by atoms with Crippen molar-refractivity contribution in [3.63, 3.8) is 0 Å². The van der Waals surface area contributed by atoms with E-state index < -0.39 is 0 Å². The van der Waals surface area contributed by atoms with Crippen LogP contribution in [0.15, 0.2) is 30.3 Å². The molecule has 1 rings (SSSR count). The van der Waals surface area contributed by atoms with Crippen molar-refractivity contribution in [1.29, 1.82) is 0 Å². The molecule has 0 saturated heterocycles. The van der Waals surface area contributed by atoms with Crippen LogP contribution in [0.1, 0.15) is 51.5 Å². The molecule has 19 heavy (non-hydrogen) atoms. The van der Waals surface area contributed by atoms with E-state index in [1.807, 2.05) is 6.07 Å². The van der Waals surface area contributed by atoms with E-state index in [0.717, 1.165) is 18.8 Å². The van der Waals surface area contributed by atoms with Gasteiger partial charge in [0.2, 0.25) is 0 Å². The highest BCUT2D eigenvalue weighted by Crippen LogP contribution is 2.17. The second-order valence-electron chi connectivity index (χ2n) is 5.35. The summed E-state index contributed by atoms with van der Waals surface area (Å²) in [7, 11) is 0. The van der Waals surface area contributed by atoms with Crippen LogP contribution in [0.25, 0.3) is 6.08 Å². The van der Waals surface area contributed by atoms with E-state index in [4.69, 9.17) is 0 Å². The standard InChI is InChI=1S/C17H24O2/c1-14(2)8-4-3-5-10-16(18)13-12-15-9-6-7-11-17(15)19/h6-7,9,11-14,19H,3-5,8,10H2,1-2H3. The predicted octanol–water partition coefficient (Wildman–Crippen LogP) is 4.58. The molecule has 2 nitrogen and oxygen atoms in total. The maximum Gasteiger partial charge on any atom is 0.155 e. The molecule has 0 heterocycles. The molecule has 1 aromatic rings. The Hall–Kier alpha value is -1.57. The molecule has 0 spiro atoms. The Balaban J connectivity index is 2.26. The molecular formula is C17H24O2. The smallest absolute Gasteiger partial charge is 0.155 e. The van der Waals surface area contributed by atoms with Crippen molar-refractivity contribution in [2.24, 2.45) is 5.92 Å². The molecular weight excluding hydrogens is 236 g/mol. The third-order valence-corrected chi connectivity index (χ3v) is 3.09. The number of aromatic hydroxyl groups is 1. The monoisotopic (exact) mass is 260 g/mol. The van der Waals surface area contributed by atoms with Gasteiger partial charge in [-0.2, -0.15) is 0 Å². The van der Waals surface area contributed by atoms with Crippen molar-refractivity contribution in [2.45, 2.75) is 46.0 Å². The van der Waals surface area contributed by atoms with Gasteiger partial charge in [0, 0.05) is 12.0 Å². The molecule has 0 atom stereocenters. The lowest BCUT2D eigenvalue weighted by Gasteiger charge is -2.03. The van der Waals surface area contributed by atoms with E-state index in [-0.39, 0.29) is 11.5 Å². The summed E-state index contributed by atoms with van der Waals surface area (Å²) >= 11 is 0. The summed E-state index contributed by atoms with van der Waals surface area (Å²) in [6, 6.07) is 7.02. The molecule has 1 N–H and O–H groups in total. The van der Waals surface area contributed by atoms with E-state index in [1.54, 1.807) is 30.4 Å². The topological polar surface area (TPSA) is 37.3 Å². The third kappa shape index (κ3) is 6.80. The van der Waals surface area contributed by atoms with Gasteiger partial charge in [0.05, 0.1) is 0 Å². The number of hydrogen-bond acceptors (Lipinski definition) is 2. The zero-order chi connectivity index (χ0) is 14.1. The van der Waals surface area contributed by atoms with Gasteiger partial charge in [-0.15, -0.1) is 0 Å². The number of carbonyl (C=O) groups is 1. The van der Waals surface area contributed by atoms with Gasteiger partial charge < -0.3 is 5.11 Å². The molecule has 0 aliphatic heterocycles. The van der Waals surface area contributed by atoms with E-state index in [0.29, 0.717) is 12.0 Å². The number of ketones is 1. The fourth-order valence-corrected chi connectivity index (χ4v) is 1.92. The van der Waals surface area contributed by atoms with Crippen LogP contribution in [0.4, 0.5) is 0 Å². The number of para-hydroxylation sites is 1. The number of carbonyl (C=O) groups excluding carboxylic acids is 1. The third-order valence-electron chi connectivity index (χ3n) is 3.09. The Morgan fingerprint density at radius 2 is 1.95 bits per heavy atom. The van der Waals surface area contributed by atoms with Crippen molar-refractivity contribution < 1.29 is 9.90 Å². The molecule has 0 radical (unpaired) electrons. The Kier molecular flexibility index (Phi) is 6.94. The minimum Gasteiger partial charge on any atom is -0.507 e. The Bertz CT molecular complexity index is 419.